The Morgan fingerprint density at radius 2 is 2.07 bits per heavy atom. The standard InChI is InChI=1S/C10H18FNO2/c1-7-5-8(11)6-12(7)9(13)14-10(2,3)4/h7-8H,5-6H2,1-4H3/t7-,8+/m0/s1. The first-order chi connectivity index (χ1) is 6.29. The van der Waals surface area contributed by atoms with Crippen LogP contribution in [-0.4, -0.2) is 35.4 Å². The van der Waals surface area contributed by atoms with Crippen molar-refractivity contribution >= 4 is 6.09 Å². The van der Waals surface area contributed by atoms with Gasteiger partial charge in [0.25, 0.3) is 0 Å². The van der Waals surface area contributed by atoms with Gasteiger partial charge in [0, 0.05) is 12.5 Å². The summed E-state index contributed by atoms with van der Waals surface area (Å²) in [6.45, 7) is 7.41. The van der Waals surface area contributed by atoms with E-state index in [1.54, 1.807) is 20.8 Å². The smallest absolute Gasteiger partial charge is 0.410 e. The Morgan fingerprint density at radius 3 is 2.43 bits per heavy atom. The zero-order chi connectivity index (χ0) is 10.9. The fourth-order valence-electron chi connectivity index (χ4n) is 1.54. The molecule has 0 aromatic heterocycles. The molecule has 1 amide bonds. The Morgan fingerprint density at radius 1 is 1.50 bits per heavy atom. The molecule has 1 saturated heterocycles. The first-order valence-corrected chi connectivity index (χ1v) is 4.93. The number of carbonyl (C=O) groups is 1. The SMILES string of the molecule is C[C@H]1C[C@@H](F)CN1C(=O)OC(C)(C)C. The molecule has 0 spiro atoms. The van der Waals surface area contributed by atoms with Crippen molar-refractivity contribution in [1.82, 2.24) is 4.90 Å². The quantitative estimate of drug-likeness (QED) is 0.604. The normalized spacial score (nSPS) is 27.9. The van der Waals surface area contributed by atoms with Crippen LogP contribution in [0.4, 0.5) is 9.18 Å². The van der Waals surface area contributed by atoms with Crippen molar-refractivity contribution in [2.45, 2.75) is 51.9 Å². The van der Waals surface area contributed by atoms with Gasteiger partial charge in [0.15, 0.2) is 0 Å². The summed E-state index contributed by atoms with van der Waals surface area (Å²) in [6.07, 6.45) is -0.901. The fraction of sp³-hybridized carbons (Fsp3) is 0.900. The molecule has 0 N–H and O–H groups in total. The average molecular weight is 203 g/mol. The lowest BCUT2D eigenvalue weighted by atomic mass is 10.2. The van der Waals surface area contributed by atoms with E-state index in [0.29, 0.717) is 6.42 Å². The number of halogens is 1. The first kappa shape index (κ1) is 11.3. The zero-order valence-electron chi connectivity index (χ0n) is 9.21. The Bertz CT molecular complexity index is 225. The maximum Gasteiger partial charge on any atom is 0.410 e. The molecule has 0 saturated carbocycles. The van der Waals surface area contributed by atoms with Gasteiger partial charge in [-0.05, 0) is 27.7 Å². The molecule has 1 aliphatic heterocycles. The first-order valence-electron chi connectivity index (χ1n) is 4.93. The van der Waals surface area contributed by atoms with Crippen LogP contribution in [0.25, 0.3) is 0 Å². The Labute approximate surface area is 84.2 Å². The van der Waals surface area contributed by atoms with E-state index in [1.165, 1.54) is 4.90 Å². The van der Waals surface area contributed by atoms with Gasteiger partial charge in [-0.15, -0.1) is 0 Å². The summed E-state index contributed by atoms with van der Waals surface area (Å²) in [5, 5.41) is 0. The third-order valence-corrected chi connectivity index (χ3v) is 2.15. The van der Waals surface area contributed by atoms with Crippen molar-refractivity contribution in [2.75, 3.05) is 6.54 Å². The van der Waals surface area contributed by atoms with Gasteiger partial charge in [-0.25, -0.2) is 9.18 Å². The number of nitrogens with zero attached hydrogens (tertiary/aromatic N) is 1. The maximum absolute atomic E-state index is 13.0. The highest BCUT2D eigenvalue weighted by molar-refractivity contribution is 5.69. The number of amides is 1. The van der Waals surface area contributed by atoms with Gasteiger partial charge in [0.05, 0.1) is 6.54 Å². The van der Waals surface area contributed by atoms with Gasteiger partial charge < -0.3 is 9.64 Å². The van der Waals surface area contributed by atoms with Crippen molar-refractivity contribution in [3.05, 3.63) is 0 Å². The number of alkyl halides is 1. The highest BCUT2D eigenvalue weighted by Crippen LogP contribution is 2.22. The van der Waals surface area contributed by atoms with Crippen LogP contribution in [0, 0.1) is 0 Å². The second-order valence-electron chi connectivity index (χ2n) is 4.81. The molecule has 82 valence electrons. The Balaban J connectivity index is 2.53. The van der Waals surface area contributed by atoms with Crippen LogP contribution in [0.2, 0.25) is 0 Å². The minimum absolute atomic E-state index is 0.0557. The topological polar surface area (TPSA) is 29.5 Å². The van der Waals surface area contributed by atoms with E-state index in [0.717, 1.165) is 0 Å². The minimum atomic E-state index is -0.905. The van der Waals surface area contributed by atoms with Gasteiger partial charge in [-0.3, -0.25) is 0 Å². The van der Waals surface area contributed by atoms with Crippen molar-refractivity contribution in [2.24, 2.45) is 0 Å². The van der Waals surface area contributed by atoms with Crippen molar-refractivity contribution in [3.8, 4) is 0 Å². The molecule has 1 rings (SSSR count). The van der Waals surface area contributed by atoms with Crippen LogP contribution in [-0.2, 0) is 4.74 Å². The van der Waals surface area contributed by atoms with Crippen molar-refractivity contribution < 1.29 is 13.9 Å². The number of likely N-dealkylation sites (tertiary alicyclic amines) is 1. The third-order valence-electron chi connectivity index (χ3n) is 2.15. The lowest BCUT2D eigenvalue weighted by molar-refractivity contribution is 0.0230. The van der Waals surface area contributed by atoms with Crippen LogP contribution >= 0.6 is 0 Å². The molecule has 1 aliphatic rings. The van der Waals surface area contributed by atoms with Crippen LogP contribution in [0.1, 0.15) is 34.1 Å². The molecule has 0 radical (unpaired) electrons. The summed E-state index contributed by atoms with van der Waals surface area (Å²) < 4.78 is 18.1. The Kier molecular flexibility index (Phi) is 3.02. The monoisotopic (exact) mass is 203 g/mol. The lowest BCUT2D eigenvalue weighted by Gasteiger charge is -2.26. The highest BCUT2D eigenvalue weighted by atomic mass is 19.1. The predicted molar refractivity (Wildman–Crippen MR) is 51.9 cm³/mol. The number of hydrogen-bond acceptors (Lipinski definition) is 2. The number of ether oxygens (including phenoxy) is 1. The number of hydrogen-bond donors (Lipinski definition) is 0. The van der Waals surface area contributed by atoms with Crippen molar-refractivity contribution in [3.63, 3.8) is 0 Å². The molecular weight excluding hydrogens is 185 g/mol. The van der Waals surface area contributed by atoms with E-state index in [1.807, 2.05) is 6.92 Å². The summed E-state index contributed by atoms with van der Waals surface area (Å²) in [5.41, 5.74) is -0.509. The van der Waals surface area contributed by atoms with E-state index >= 15 is 0 Å². The molecule has 0 bridgehead atoms. The predicted octanol–water partition coefficient (Wildman–Crippen LogP) is 2.35. The molecule has 3 nitrogen and oxygen atoms in total. The van der Waals surface area contributed by atoms with Gasteiger partial charge in [-0.1, -0.05) is 0 Å². The molecule has 0 unspecified atom stereocenters. The zero-order valence-corrected chi connectivity index (χ0v) is 9.21. The van der Waals surface area contributed by atoms with Crippen molar-refractivity contribution in [1.29, 1.82) is 0 Å². The summed E-state index contributed by atoms with van der Waals surface area (Å²) in [4.78, 5) is 13.0. The van der Waals surface area contributed by atoms with E-state index in [9.17, 15) is 9.18 Å². The fourth-order valence-corrected chi connectivity index (χ4v) is 1.54. The van der Waals surface area contributed by atoms with Crippen LogP contribution in [0.3, 0.4) is 0 Å². The molecule has 0 aliphatic carbocycles. The van der Waals surface area contributed by atoms with E-state index in [-0.39, 0.29) is 12.6 Å². The third kappa shape index (κ3) is 2.86. The van der Waals surface area contributed by atoms with Crippen LogP contribution in [0.5, 0.6) is 0 Å². The lowest BCUT2D eigenvalue weighted by Crippen LogP contribution is -2.38. The summed E-state index contributed by atoms with van der Waals surface area (Å²) >= 11 is 0. The van der Waals surface area contributed by atoms with Gasteiger partial charge in [0.2, 0.25) is 0 Å². The van der Waals surface area contributed by atoms with E-state index < -0.39 is 17.9 Å². The van der Waals surface area contributed by atoms with Crippen LogP contribution in [0.15, 0.2) is 0 Å². The molecule has 4 heteroatoms. The summed E-state index contributed by atoms with van der Waals surface area (Å²) in [7, 11) is 0. The summed E-state index contributed by atoms with van der Waals surface area (Å²) in [6, 6.07) is -0.0557. The largest absolute Gasteiger partial charge is 0.444 e. The second kappa shape index (κ2) is 3.75. The minimum Gasteiger partial charge on any atom is -0.444 e. The van der Waals surface area contributed by atoms with Crippen LogP contribution < -0.4 is 0 Å². The van der Waals surface area contributed by atoms with Gasteiger partial charge >= 0.3 is 6.09 Å². The molecule has 0 aromatic rings. The molecule has 1 fully saturated rings. The second-order valence-corrected chi connectivity index (χ2v) is 4.81. The van der Waals surface area contributed by atoms with E-state index in [2.05, 4.69) is 0 Å². The number of rotatable bonds is 0. The molecule has 2 atom stereocenters. The highest BCUT2D eigenvalue weighted by Gasteiger charge is 2.34. The molecule has 1 heterocycles. The van der Waals surface area contributed by atoms with E-state index in [4.69, 9.17) is 4.74 Å². The Hall–Kier alpha value is -0.800. The molecular formula is C10H18FNO2. The van der Waals surface area contributed by atoms with Gasteiger partial charge in [-0.2, -0.15) is 0 Å². The summed E-state index contributed by atoms with van der Waals surface area (Å²) in [5.74, 6) is 0. The molecule has 14 heavy (non-hydrogen) atoms. The van der Waals surface area contributed by atoms with Gasteiger partial charge in [0.1, 0.15) is 11.8 Å². The number of carbonyl (C=O) groups excluding carboxylic acids is 1. The average Bonchev–Trinajstić information content (AvgIpc) is 2.26. The maximum atomic E-state index is 13.0. The molecule has 0 aromatic carbocycles.